The minimum atomic E-state index is -0.675. The first-order valence-corrected chi connectivity index (χ1v) is 6.30. The van der Waals surface area contributed by atoms with E-state index in [0.717, 1.165) is 0 Å². The van der Waals surface area contributed by atoms with E-state index in [-0.39, 0.29) is 17.0 Å². The number of nitro groups is 1. The van der Waals surface area contributed by atoms with Crippen LogP contribution in [0.2, 0.25) is 0 Å². The van der Waals surface area contributed by atoms with Crippen molar-refractivity contribution in [3.05, 3.63) is 64.2 Å². The second kappa shape index (κ2) is 6.51. The molecule has 0 atom stereocenters. The van der Waals surface area contributed by atoms with Gasteiger partial charge in [-0.3, -0.25) is 10.1 Å². The first-order valence-electron chi connectivity index (χ1n) is 6.30. The van der Waals surface area contributed by atoms with E-state index in [2.05, 4.69) is 0 Å². The van der Waals surface area contributed by atoms with Crippen molar-refractivity contribution in [2.24, 2.45) is 0 Å². The fraction of sp³-hybridized carbons (Fsp3) is 0.133. The molecule has 108 valence electrons. The van der Waals surface area contributed by atoms with E-state index in [4.69, 9.17) is 9.47 Å². The van der Waals surface area contributed by atoms with E-state index in [1.165, 1.54) is 24.3 Å². The van der Waals surface area contributed by atoms with Gasteiger partial charge in [0, 0.05) is 12.1 Å². The number of nitro benzene ring substituents is 1. The van der Waals surface area contributed by atoms with Crippen molar-refractivity contribution >= 4 is 11.7 Å². The number of esters is 1. The van der Waals surface area contributed by atoms with Crippen LogP contribution in [0.15, 0.2) is 48.5 Å². The number of hydrogen-bond acceptors (Lipinski definition) is 5. The zero-order chi connectivity index (χ0) is 15.2. The topological polar surface area (TPSA) is 78.7 Å². The molecule has 6 heteroatoms. The predicted octanol–water partition coefficient (Wildman–Crippen LogP) is 3.21. The van der Waals surface area contributed by atoms with Gasteiger partial charge in [0.15, 0.2) is 11.5 Å². The number of nitrogens with zero attached hydrogens (tertiary/aromatic N) is 1. The van der Waals surface area contributed by atoms with Gasteiger partial charge in [-0.1, -0.05) is 18.2 Å². The highest BCUT2D eigenvalue weighted by Crippen LogP contribution is 2.27. The van der Waals surface area contributed by atoms with Crippen LogP contribution in [0.1, 0.15) is 17.3 Å². The van der Waals surface area contributed by atoms with Gasteiger partial charge in [0.2, 0.25) is 0 Å². The fourth-order valence-corrected chi connectivity index (χ4v) is 1.71. The lowest BCUT2D eigenvalue weighted by molar-refractivity contribution is -0.384. The Morgan fingerprint density at radius 3 is 2.52 bits per heavy atom. The van der Waals surface area contributed by atoms with Crippen molar-refractivity contribution < 1.29 is 19.2 Å². The van der Waals surface area contributed by atoms with Crippen LogP contribution in [-0.2, 0) is 0 Å². The third-order valence-corrected chi connectivity index (χ3v) is 2.64. The van der Waals surface area contributed by atoms with Crippen LogP contribution >= 0.6 is 0 Å². The Labute approximate surface area is 121 Å². The summed E-state index contributed by atoms with van der Waals surface area (Å²) in [5.41, 5.74) is -0.0574. The molecule has 0 N–H and O–H groups in total. The quantitative estimate of drug-likeness (QED) is 0.365. The number of hydrogen-bond donors (Lipinski definition) is 0. The maximum atomic E-state index is 12.0. The molecule has 0 aliphatic heterocycles. The summed E-state index contributed by atoms with van der Waals surface area (Å²) in [7, 11) is 0. The molecule has 0 spiro atoms. The number of rotatable bonds is 5. The first kappa shape index (κ1) is 14.5. The van der Waals surface area contributed by atoms with Crippen molar-refractivity contribution in [3.63, 3.8) is 0 Å². The molecular weight excluding hydrogens is 274 g/mol. The SMILES string of the molecule is CCOc1ccccc1OC(=O)c1cccc([N+](=O)[O-])c1. The van der Waals surface area contributed by atoms with Gasteiger partial charge >= 0.3 is 5.97 Å². The molecule has 0 radical (unpaired) electrons. The molecule has 6 nitrogen and oxygen atoms in total. The summed E-state index contributed by atoms with van der Waals surface area (Å²) in [6.07, 6.45) is 0. The van der Waals surface area contributed by atoms with Crippen molar-refractivity contribution in [2.45, 2.75) is 6.92 Å². The van der Waals surface area contributed by atoms with E-state index >= 15 is 0 Å². The third-order valence-electron chi connectivity index (χ3n) is 2.64. The fourth-order valence-electron chi connectivity index (χ4n) is 1.71. The summed E-state index contributed by atoms with van der Waals surface area (Å²) in [5, 5.41) is 10.7. The van der Waals surface area contributed by atoms with Gasteiger partial charge < -0.3 is 9.47 Å². The molecule has 0 saturated heterocycles. The average Bonchev–Trinajstić information content (AvgIpc) is 2.49. The Kier molecular flexibility index (Phi) is 4.50. The van der Waals surface area contributed by atoms with E-state index < -0.39 is 10.9 Å². The second-order valence-corrected chi connectivity index (χ2v) is 4.08. The molecule has 0 aliphatic rings. The molecule has 2 aromatic carbocycles. The van der Waals surface area contributed by atoms with Crippen molar-refractivity contribution in [2.75, 3.05) is 6.61 Å². The second-order valence-electron chi connectivity index (χ2n) is 4.08. The summed E-state index contributed by atoms with van der Waals surface area (Å²) < 4.78 is 10.6. The Bertz CT molecular complexity index is 669. The van der Waals surface area contributed by atoms with Crippen LogP contribution in [-0.4, -0.2) is 17.5 Å². The van der Waals surface area contributed by atoms with Crippen LogP contribution < -0.4 is 9.47 Å². The molecule has 2 aromatic rings. The van der Waals surface area contributed by atoms with Gasteiger partial charge in [-0.05, 0) is 25.1 Å². The molecule has 2 rings (SSSR count). The smallest absolute Gasteiger partial charge is 0.343 e. The van der Waals surface area contributed by atoms with Gasteiger partial charge in [-0.2, -0.15) is 0 Å². The summed E-state index contributed by atoms with van der Waals surface area (Å²) in [5.74, 6) is 0.0421. The molecular formula is C15H13NO5. The summed E-state index contributed by atoms with van der Waals surface area (Å²) in [4.78, 5) is 22.2. The first-order chi connectivity index (χ1) is 10.1. The summed E-state index contributed by atoms with van der Waals surface area (Å²) >= 11 is 0. The summed E-state index contributed by atoms with van der Waals surface area (Å²) in [6.45, 7) is 2.25. The highest BCUT2D eigenvalue weighted by Gasteiger charge is 2.15. The van der Waals surface area contributed by atoms with Crippen LogP contribution in [0.5, 0.6) is 11.5 Å². The molecule has 0 unspecified atom stereocenters. The maximum Gasteiger partial charge on any atom is 0.343 e. The Morgan fingerprint density at radius 2 is 1.86 bits per heavy atom. The highest BCUT2D eigenvalue weighted by molar-refractivity contribution is 5.92. The Morgan fingerprint density at radius 1 is 1.14 bits per heavy atom. The lowest BCUT2D eigenvalue weighted by Crippen LogP contribution is -2.10. The van der Waals surface area contributed by atoms with E-state index in [9.17, 15) is 14.9 Å². The van der Waals surface area contributed by atoms with Crippen molar-refractivity contribution in [1.82, 2.24) is 0 Å². The normalized spacial score (nSPS) is 9.95. The third kappa shape index (κ3) is 3.56. The van der Waals surface area contributed by atoms with Crippen molar-refractivity contribution in [3.8, 4) is 11.5 Å². The maximum absolute atomic E-state index is 12.0. The number of benzene rings is 2. The molecule has 0 saturated carbocycles. The van der Waals surface area contributed by atoms with Gasteiger partial charge in [-0.25, -0.2) is 4.79 Å². The van der Waals surface area contributed by atoms with Gasteiger partial charge in [-0.15, -0.1) is 0 Å². The van der Waals surface area contributed by atoms with Gasteiger partial charge in [0.05, 0.1) is 17.1 Å². The van der Waals surface area contributed by atoms with Crippen LogP contribution in [0.25, 0.3) is 0 Å². The predicted molar refractivity (Wildman–Crippen MR) is 75.7 cm³/mol. The average molecular weight is 287 g/mol. The lowest BCUT2D eigenvalue weighted by atomic mass is 10.2. The van der Waals surface area contributed by atoms with E-state index in [1.807, 2.05) is 6.92 Å². The Balaban J connectivity index is 2.22. The monoisotopic (exact) mass is 287 g/mol. The molecule has 0 amide bonds. The molecule has 0 aromatic heterocycles. The minimum Gasteiger partial charge on any atom is -0.490 e. The number of ether oxygens (including phenoxy) is 2. The minimum absolute atomic E-state index is 0.107. The zero-order valence-corrected chi connectivity index (χ0v) is 11.3. The zero-order valence-electron chi connectivity index (χ0n) is 11.3. The molecule has 0 aliphatic carbocycles. The van der Waals surface area contributed by atoms with Crippen LogP contribution in [0, 0.1) is 10.1 Å². The number of carbonyl (C=O) groups excluding carboxylic acids is 1. The largest absolute Gasteiger partial charge is 0.490 e. The number of carbonyl (C=O) groups is 1. The molecule has 21 heavy (non-hydrogen) atoms. The van der Waals surface area contributed by atoms with Gasteiger partial charge in [0.25, 0.3) is 5.69 Å². The van der Waals surface area contributed by atoms with Gasteiger partial charge in [0.1, 0.15) is 0 Å². The number of para-hydroxylation sites is 2. The Hall–Kier alpha value is -2.89. The van der Waals surface area contributed by atoms with E-state index in [1.54, 1.807) is 24.3 Å². The molecule has 0 bridgehead atoms. The van der Waals surface area contributed by atoms with Crippen LogP contribution in [0.4, 0.5) is 5.69 Å². The van der Waals surface area contributed by atoms with Crippen molar-refractivity contribution in [1.29, 1.82) is 0 Å². The number of non-ortho nitro benzene ring substituents is 1. The highest BCUT2D eigenvalue weighted by atomic mass is 16.6. The lowest BCUT2D eigenvalue weighted by Gasteiger charge is -2.10. The van der Waals surface area contributed by atoms with E-state index in [0.29, 0.717) is 12.4 Å². The standard InChI is InChI=1S/C15H13NO5/c1-2-20-13-8-3-4-9-14(13)21-15(17)11-6-5-7-12(10-11)16(18)19/h3-10H,2H2,1H3. The molecule has 0 fully saturated rings. The summed E-state index contributed by atoms with van der Waals surface area (Å²) in [6, 6.07) is 12.1. The molecule has 0 heterocycles. The van der Waals surface area contributed by atoms with Crippen LogP contribution in [0.3, 0.4) is 0 Å².